The number of benzene rings is 2. The SMILES string of the molecule is CCC(C)(C=O)CN(Cc1ccccc1)Cc1ccccc1. The Hall–Kier alpha value is -1.93. The first-order valence-electron chi connectivity index (χ1n) is 7.92. The fourth-order valence-electron chi connectivity index (χ4n) is 2.59. The first-order valence-corrected chi connectivity index (χ1v) is 7.92. The van der Waals surface area contributed by atoms with E-state index in [4.69, 9.17) is 0 Å². The van der Waals surface area contributed by atoms with Crippen LogP contribution < -0.4 is 0 Å². The van der Waals surface area contributed by atoms with E-state index in [-0.39, 0.29) is 5.41 Å². The maximum Gasteiger partial charge on any atom is 0.127 e. The van der Waals surface area contributed by atoms with Crippen LogP contribution in [0.25, 0.3) is 0 Å². The van der Waals surface area contributed by atoms with Crippen molar-refractivity contribution in [1.29, 1.82) is 0 Å². The zero-order valence-corrected chi connectivity index (χ0v) is 13.5. The highest BCUT2D eigenvalue weighted by molar-refractivity contribution is 5.58. The highest BCUT2D eigenvalue weighted by Crippen LogP contribution is 2.22. The minimum Gasteiger partial charge on any atom is -0.303 e. The molecule has 2 heteroatoms. The van der Waals surface area contributed by atoms with Gasteiger partial charge in [-0.2, -0.15) is 0 Å². The molecule has 0 saturated heterocycles. The molecule has 0 fully saturated rings. The van der Waals surface area contributed by atoms with Gasteiger partial charge in [-0.25, -0.2) is 0 Å². The predicted octanol–water partition coefficient (Wildman–Crippen LogP) is 4.30. The maximum absolute atomic E-state index is 11.5. The van der Waals surface area contributed by atoms with Gasteiger partial charge in [0, 0.05) is 25.0 Å². The van der Waals surface area contributed by atoms with Crippen LogP contribution in [0.3, 0.4) is 0 Å². The van der Waals surface area contributed by atoms with Gasteiger partial charge in [-0.05, 0) is 17.5 Å². The van der Waals surface area contributed by atoms with Crippen molar-refractivity contribution < 1.29 is 4.79 Å². The minimum absolute atomic E-state index is 0.288. The molecule has 0 bridgehead atoms. The third-order valence-corrected chi connectivity index (χ3v) is 4.18. The first-order chi connectivity index (χ1) is 10.6. The van der Waals surface area contributed by atoms with Crippen LogP contribution >= 0.6 is 0 Å². The molecule has 2 rings (SSSR count). The summed E-state index contributed by atoms with van der Waals surface area (Å²) in [6, 6.07) is 20.9. The molecule has 0 heterocycles. The molecule has 0 aliphatic rings. The molecule has 0 spiro atoms. The number of hydrogen-bond donors (Lipinski definition) is 0. The fourth-order valence-corrected chi connectivity index (χ4v) is 2.59. The fraction of sp³-hybridized carbons (Fsp3) is 0.350. The average molecular weight is 295 g/mol. The van der Waals surface area contributed by atoms with E-state index in [2.05, 4.69) is 60.4 Å². The molecular weight excluding hydrogens is 270 g/mol. The molecule has 0 aliphatic carbocycles. The smallest absolute Gasteiger partial charge is 0.127 e. The van der Waals surface area contributed by atoms with Gasteiger partial charge in [-0.15, -0.1) is 0 Å². The van der Waals surface area contributed by atoms with E-state index in [1.807, 2.05) is 19.1 Å². The van der Waals surface area contributed by atoms with Crippen LogP contribution in [0.5, 0.6) is 0 Å². The molecule has 0 saturated carbocycles. The van der Waals surface area contributed by atoms with Gasteiger partial charge in [0.15, 0.2) is 0 Å². The lowest BCUT2D eigenvalue weighted by atomic mass is 9.88. The van der Waals surface area contributed by atoms with Crippen LogP contribution in [-0.4, -0.2) is 17.7 Å². The summed E-state index contributed by atoms with van der Waals surface area (Å²) in [6.07, 6.45) is 1.96. The van der Waals surface area contributed by atoms with Crippen molar-refractivity contribution in [3.8, 4) is 0 Å². The summed E-state index contributed by atoms with van der Waals surface area (Å²) in [7, 11) is 0. The Labute approximate surface area is 133 Å². The van der Waals surface area contributed by atoms with Crippen LogP contribution in [-0.2, 0) is 17.9 Å². The molecule has 2 aromatic carbocycles. The Morgan fingerprint density at radius 3 is 1.73 bits per heavy atom. The summed E-state index contributed by atoms with van der Waals surface area (Å²) in [5.41, 5.74) is 2.27. The summed E-state index contributed by atoms with van der Waals surface area (Å²) in [5, 5.41) is 0. The largest absolute Gasteiger partial charge is 0.303 e. The standard InChI is InChI=1S/C20H25NO/c1-3-20(2,17-22)16-21(14-18-10-6-4-7-11-18)15-19-12-8-5-9-13-19/h4-13,17H,3,14-16H2,1-2H3. The van der Waals surface area contributed by atoms with Gasteiger partial charge in [0.2, 0.25) is 0 Å². The highest BCUT2D eigenvalue weighted by Gasteiger charge is 2.24. The first kappa shape index (κ1) is 16.4. The van der Waals surface area contributed by atoms with Gasteiger partial charge in [-0.3, -0.25) is 4.90 Å². The van der Waals surface area contributed by atoms with E-state index in [0.717, 1.165) is 32.3 Å². The van der Waals surface area contributed by atoms with Crippen molar-refractivity contribution in [2.75, 3.05) is 6.54 Å². The molecule has 0 radical (unpaired) electrons. The average Bonchev–Trinajstić information content (AvgIpc) is 2.56. The van der Waals surface area contributed by atoms with E-state index in [1.165, 1.54) is 11.1 Å². The van der Waals surface area contributed by atoms with Crippen LogP contribution in [0.2, 0.25) is 0 Å². The third-order valence-electron chi connectivity index (χ3n) is 4.18. The molecule has 1 atom stereocenters. The van der Waals surface area contributed by atoms with E-state index in [0.29, 0.717) is 0 Å². The van der Waals surface area contributed by atoms with Crippen LogP contribution in [0, 0.1) is 5.41 Å². The van der Waals surface area contributed by atoms with Crippen molar-refractivity contribution in [2.24, 2.45) is 5.41 Å². The molecule has 2 nitrogen and oxygen atoms in total. The molecule has 1 unspecified atom stereocenters. The van der Waals surface area contributed by atoms with E-state index >= 15 is 0 Å². The summed E-state index contributed by atoms with van der Waals surface area (Å²) in [5.74, 6) is 0. The van der Waals surface area contributed by atoms with E-state index in [9.17, 15) is 4.79 Å². The predicted molar refractivity (Wildman–Crippen MR) is 91.5 cm³/mol. The van der Waals surface area contributed by atoms with Gasteiger partial charge < -0.3 is 4.79 Å². The topological polar surface area (TPSA) is 20.3 Å². The number of rotatable bonds is 8. The monoisotopic (exact) mass is 295 g/mol. The minimum atomic E-state index is -0.288. The lowest BCUT2D eigenvalue weighted by molar-refractivity contribution is -0.116. The van der Waals surface area contributed by atoms with Gasteiger partial charge in [0.25, 0.3) is 0 Å². The molecule has 0 aromatic heterocycles. The molecule has 116 valence electrons. The number of aldehydes is 1. The Kier molecular flexibility index (Phi) is 5.91. The molecule has 0 amide bonds. The quantitative estimate of drug-likeness (QED) is 0.677. The molecule has 2 aromatic rings. The Morgan fingerprint density at radius 2 is 1.36 bits per heavy atom. The molecular formula is C20H25NO. The second-order valence-electron chi connectivity index (χ2n) is 6.24. The summed E-state index contributed by atoms with van der Waals surface area (Å²) < 4.78 is 0. The van der Waals surface area contributed by atoms with Gasteiger partial charge in [0.05, 0.1) is 0 Å². The van der Waals surface area contributed by atoms with E-state index in [1.54, 1.807) is 0 Å². The zero-order valence-electron chi connectivity index (χ0n) is 13.5. The van der Waals surface area contributed by atoms with Gasteiger partial charge in [0.1, 0.15) is 6.29 Å². The lowest BCUT2D eigenvalue weighted by Crippen LogP contribution is -2.36. The second-order valence-corrected chi connectivity index (χ2v) is 6.24. The van der Waals surface area contributed by atoms with Crippen LogP contribution in [0.4, 0.5) is 0 Å². The van der Waals surface area contributed by atoms with Crippen molar-refractivity contribution in [3.05, 3.63) is 71.8 Å². The van der Waals surface area contributed by atoms with Crippen molar-refractivity contribution >= 4 is 6.29 Å². The Bertz CT molecular complexity index is 525. The summed E-state index contributed by atoms with van der Waals surface area (Å²) >= 11 is 0. The number of carbonyl (C=O) groups is 1. The number of hydrogen-bond acceptors (Lipinski definition) is 2. The third kappa shape index (κ3) is 4.81. The Morgan fingerprint density at radius 1 is 0.909 bits per heavy atom. The summed E-state index contributed by atoms with van der Waals surface area (Å²) in [6.45, 7) is 6.62. The van der Waals surface area contributed by atoms with Crippen LogP contribution in [0.15, 0.2) is 60.7 Å². The zero-order chi connectivity index (χ0) is 15.8. The normalized spacial score (nSPS) is 13.8. The molecule has 0 aliphatic heterocycles. The van der Waals surface area contributed by atoms with Gasteiger partial charge >= 0.3 is 0 Å². The molecule has 22 heavy (non-hydrogen) atoms. The van der Waals surface area contributed by atoms with Crippen molar-refractivity contribution in [1.82, 2.24) is 4.90 Å². The lowest BCUT2D eigenvalue weighted by Gasteiger charge is -2.31. The number of nitrogens with zero attached hydrogens (tertiary/aromatic N) is 1. The molecule has 0 N–H and O–H groups in total. The van der Waals surface area contributed by atoms with Crippen molar-refractivity contribution in [3.63, 3.8) is 0 Å². The maximum atomic E-state index is 11.5. The van der Waals surface area contributed by atoms with Gasteiger partial charge in [-0.1, -0.05) is 74.5 Å². The second kappa shape index (κ2) is 7.90. The summed E-state index contributed by atoms with van der Waals surface area (Å²) in [4.78, 5) is 13.8. The Balaban J connectivity index is 2.14. The van der Waals surface area contributed by atoms with Crippen LogP contribution in [0.1, 0.15) is 31.4 Å². The van der Waals surface area contributed by atoms with E-state index < -0.39 is 0 Å². The van der Waals surface area contributed by atoms with Crippen molar-refractivity contribution in [2.45, 2.75) is 33.4 Å². The highest BCUT2D eigenvalue weighted by atomic mass is 16.1. The number of carbonyl (C=O) groups excluding carboxylic acids is 1.